The highest BCUT2D eigenvalue weighted by atomic mass is 16.2. The molecule has 3 heteroatoms. The van der Waals surface area contributed by atoms with E-state index in [9.17, 15) is 4.79 Å². The second-order valence-electron chi connectivity index (χ2n) is 5.84. The molecular weight excluding hydrogens is 236 g/mol. The Balaban J connectivity index is 1.63. The van der Waals surface area contributed by atoms with Gasteiger partial charge in [0.2, 0.25) is 5.91 Å². The Bertz CT molecular complexity index is 437. The number of carbonyl (C=O) groups excluding carboxylic acids is 1. The number of carbonyl (C=O) groups is 1. The number of amides is 1. The molecule has 0 aliphatic carbocycles. The fourth-order valence-corrected chi connectivity index (χ4v) is 3.41. The van der Waals surface area contributed by atoms with Crippen molar-refractivity contribution in [2.75, 3.05) is 26.2 Å². The maximum atomic E-state index is 12.7. The van der Waals surface area contributed by atoms with Crippen molar-refractivity contribution < 1.29 is 4.79 Å². The maximum Gasteiger partial charge on any atom is 0.230 e. The molecule has 3 rings (SSSR count). The molecule has 1 aromatic carbocycles. The highest BCUT2D eigenvalue weighted by Crippen LogP contribution is 2.36. The predicted molar refractivity (Wildman–Crippen MR) is 75.9 cm³/mol. The van der Waals surface area contributed by atoms with Gasteiger partial charge < -0.3 is 10.2 Å². The van der Waals surface area contributed by atoms with Crippen molar-refractivity contribution in [2.45, 2.75) is 25.7 Å². The van der Waals surface area contributed by atoms with E-state index in [4.69, 9.17) is 0 Å². The summed E-state index contributed by atoms with van der Waals surface area (Å²) < 4.78 is 0. The third kappa shape index (κ3) is 2.52. The van der Waals surface area contributed by atoms with Crippen molar-refractivity contribution in [2.24, 2.45) is 5.41 Å². The van der Waals surface area contributed by atoms with E-state index in [1.807, 2.05) is 6.07 Å². The Labute approximate surface area is 115 Å². The molecular formula is C16H22N2O. The van der Waals surface area contributed by atoms with Gasteiger partial charge >= 0.3 is 0 Å². The molecule has 1 spiro atoms. The van der Waals surface area contributed by atoms with E-state index in [-0.39, 0.29) is 5.41 Å². The van der Waals surface area contributed by atoms with Crippen LogP contribution in [0.2, 0.25) is 0 Å². The normalized spacial score (nSPS) is 27.2. The van der Waals surface area contributed by atoms with Crippen molar-refractivity contribution in [3.05, 3.63) is 35.9 Å². The lowest BCUT2D eigenvalue weighted by molar-refractivity contribution is -0.145. The van der Waals surface area contributed by atoms with Crippen LogP contribution in [0.15, 0.2) is 30.3 Å². The lowest BCUT2D eigenvalue weighted by Crippen LogP contribution is -2.50. The van der Waals surface area contributed by atoms with Crippen LogP contribution in [-0.2, 0) is 11.2 Å². The highest BCUT2D eigenvalue weighted by molar-refractivity contribution is 5.84. The Morgan fingerprint density at radius 2 is 2.05 bits per heavy atom. The number of nitrogens with one attached hydrogen (secondary N) is 1. The van der Waals surface area contributed by atoms with Crippen LogP contribution >= 0.6 is 0 Å². The minimum atomic E-state index is -0.0745. The molecule has 0 saturated carbocycles. The highest BCUT2D eigenvalue weighted by Gasteiger charge is 2.45. The molecule has 0 unspecified atom stereocenters. The second kappa shape index (κ2) is 5.33. The van der Waals surface area contributed by atoms with Gasteiger partial charge in [0.25, 0.3) is 0 Å². The Hall–Kier alpha value is -1.35. The molecule has 1 atom stereocenters. The van der Waals surface area contributed by atoms with Gasteiger partial charge in [-0.25, -0.2) is 0 Å². The third-order valence-electron chi connectivity index (χ3n) is 4.58. The molecule has 0 bridgehead atoms. The van der Waals surface area contributed by atoms with Crippen molar-refractivity contribution in [1.29, 1.82) is 0 Å². The van der Waals surface area contributed by atoms with E-state index in [1.165, 1.54) is 5.56 Å². The van der Waals surface area contributed by atoms with Crippen LogP contribution in [0.25, 0.3) is 0 Å². The summed E-state index contributed by atoms with van der Waals surface area (Å²) in [6.45, 7) is 3.68. The monoisotopic (exact) mass is 258 g/mol. The number of likely N-dealkylation sites (tertiary alicyclic amines) is 1. The quantitative estimate of drug-likeness (QED) is 0.897. The van der Waals surface area contributed by atoms with Crippen LogP contribution in [0.5, 0.6) is 0 Å². The van der Waals surface area contributed by atoms with Crippen LogP contribution in [0.4, 0.5) is 0 Å². The van der Waals surface area contributed by atoms with Gasteiger partial charge in [-0.2, -0.15) is 0 Å². The van der Waals surface area contributed by atoms with Gasteiger partial charge in [-0.15, -0.1) is 0 Å². The summed E-state index contributed by atoms with van der Waals surface area (Å²) in [5, 5.41) is 3.36. The van der Waals surface area contributed by atoms with E-state index >= 15 is 0 Å². The summed E-state index contributed by atoms with van der Waals surface area (Å²) in [4.78, 5) is 14.7. The van der Waals surface area contributed by atoms with Gasteiger partial charge in [0.05, 0.1) is 5.41 Å². The summed E-state index contributed by atoms with van der Waals surface area (Å²) in [5.74, 6) is 0.389. The summed E-state index contributed by atoms with van der Waals surface area (Å²) in [6.07, 6.45) is 4.21. The first-order chi connectivity index (χ1) is 9.30. The Morgan fingerprint density at radius 1 is 1.21 bits per heavy atom. The Morgan fingerprint density at radius 3 is 2.79 bits per heavy atom. The first-order valence-electron chi connectivity index (χ1n) is 7.34. The minimum absolute atomic E-state index is 0.0745. The Kier molecular flexibility index (Phi) is 3.56. The molecule has 0 aromatic heterocycles. The number of hydrogen-bond acceptors (Lipinski definition) is 2. The summed E-state index contributed by atoms with van der Waals surface area (Å²) in [5.41, 5.74) is 1.24. The molecule has 2 heterocycles. The van der Waals surface area contributed by atoms with E-state index in [0.29, 0.717) is 5.91 Å². The zero-order valence-corrected chi connectivity index (χ0v) is 11.4. The number of hydrogen-bond donors (Lipinski definition) is 1. The van der Waals surface area contributed by atoms with Crippen molar-refractivity contribution in [1.82, 2.24) is 10.2 Å². The molecule has 0 radical (unpaired) electrons. The number of rotatable bonds is 3. The van der Waals surface area contributed by atoms with E-state index in [1.54, 1.807) is 0 Å². The maximum absolute atomic E-state index is 12.7. The molecule has 102 valence electrons. The SMILES string of the molecule is O=C1N(CCc2ccccc2)CCC[C@@]12CCNC2. The van der Waals surface area contributed by atoms with Gasteiger partial charge in [-0.05, 0) is 37.8 Å². The molecule has 1 amide bonds. The van der Waals surface area contributed by atoms with Crippen molar-refractivity contribution in [3.63, 3.8) is 0 Å². The van der Waals surface area contributed by atoms with Gasteiger partial charge in [0.1, 0.15) is 0 Å². The third-order valence-corrected chi connectivity index (χ3v) is 4.58. The predicted octanol–water partition coefficient (Wildman–Crippen LogP) is 1.83. The zero-order valence-electron chi connectivity index (χ0n) is 11.4. The van der Waals surface area contributed by atoms with Crippen LogP contribution < -0.4 is 5.32 Å². The smallest absolute Gasteiger partial charge is 0.230 e. The van der Waals surface area contributed by atoms with Crippen molar-refractivity contribution >= 4 is 5.91 Å². The molecule has 2 saturated heterocycles. The first kappa shape index (κ1) is 12.7. The molecule has 1 aromatic rings. The standard InChI is InChI=1S/C16H22N2O/c19-15-16(9-10-17-13-16)8-4-11-18(15)12-7-14-5-2-1-3-6-14/h1-3,5-6,17H,4,7-13H2/t16-/m0/s1. The molecule has 2 aliphatic rings. The summed E-state index contributed by atoms with van der Waals surface area (Å²) in [6, 6.07) is 10.4. The molecule has 2 aliphatic heterocycles. The lowest BCUT2D eigenvalue weighted by atomic mass is 9.78. The summed E-state index contributed by atoms with van der Waals surface area (Å²) >= 11 is 0. The van der Waals surface area contributed by atoms with Gasteiger partial charge in [0, 0.05) is 19.6 Å². The zero-order chi connectivity index (χ0) is 13.1. The number of piperidine rings is 1. The average molecular weight is 258 g/mol. The molecule has 1 N–H and O–H groups in total. The average Bonchev–Trinajstić information content (AvgIpc) is 2.91. The number of nitrogens with zero attached hydrogens (tertiary/aromatic N) is 1. The van der Waals surface area contributed by atoms with E-state index < -0.39 is 0 Å². The van der Waals surface area contributed by atoms with Gasteiger partial charge in [-0.1, -0.05) is 30.3 Å². The van der Waals surface area contributed by atoms with E-state index in [0.717, 1.165) is 51.9 Å². The lowest BCUT2D eigenvalue weighted by Gasteiger charge is -2.39. The summed E-state index contributed by atoms with van der Waals surface area (Å²) in [7, 11) is 0. The van der Waals surface area contributed by atoms with E-state index in [2.05, 4.69) is 34.5 Å². The fraction of sp³-hybridized carbons (Fsp3) is 0.562. The van der Waals surface area contributed by atoms with Crippen LogP contribution in [0.1, 0.15) is 24.8 Å². The largest absolute Gasteiger partial charge is 0.342 e. The molecule has 2 fully saturated rings. The number of benzene rings is 1. The molecule has 3 nitrogen and oxygen atoms in total. The topological polar surface area (TPSA) is 32.3 Å². The van der Waals surface area contributed by atoms with Gasteiger partial charge in [0.15, 0.2) is 0 Å². The van der Waals surface area contributed by atoms with Crippen LogP contribution in [0.3, 0.4) is 0 Å². The molecule has 19 heavy (non-hydrogen) atoms. The fourth-order valence-electron chi connectivity index (χ4n) is 3.41. The van der Waals surface area contributed by atoms with Crippen LogP contribution in [-0.4, -0.2) is 37.0 Å². The van der Waals surface area contributed by atoms with Crippen molar-refractivity contribution in [3.8, 4) is 0 Å². The van der Waals surface area contributed by atoms with Gasteiger partial charge in [-0.3, -0.25) is 4.79 Å². The first-order valence-corrected chi connectivity index (χ1v) is 7.34. The van der Waals surface area contributed by atoms with Crippen LogP contribution in [0, 0.1) is 5.41 Å². The second-order valence-corrected chi connectivity index (χ2v) is 5.84. The minimum Gasteiger partial charge on any atom is -0.342 e.